The van der Waals surface area contributed by atoms with Gasteiger partial charge in [0.2, 0.25) is 0 Å². The number of hydrogen-bond donors (Lipinski definition) is 2. The standard InChI is InChI=1S/C12H18N4O/c17-7-9-1-2-10-11(9)12(15-8-14-10)16-5-3-13-4-6-16/h8-9,13,17H,1-7H2. The van der Waals surface area contributed by atoms with Crippen molar-refractivity contribution in [1.29, 1.82) is 0 Å². The van der Waals surface area contributed by atoms with E-state index in [0.29, 0.717) is 0 Å². The van der Waals surface area contributed by atoms with Crippen molar-refractivity contribution in [3.63, 3.8) is 0 Å². The molecular weight excluding hydrogens is 216 g/mol. The molecule has 1 aromatic heterocycles. The summed E-state index contributed by atoms with van der Waals surface area (Å²) in [4.78, 5) is 11.1. The molecule has 1 unspecified atom stereocenters. The summed E-state index contributed by atoms with van der Waals surface area (Å²) in [5, 5.41) is 12.8. The van der Waals surface area contributed by atoms with E-state index >= 15 is 0 Å². The summed E-state index contributed by atoms with van der Waals surface area (Å²) in [5.74, 6) is 1.28. The molecule has 5 nitrogen and oxygen atoms in total. The molecular formula is C12H18N4O. The molecule has 3 rings (SSSR count). The number of nitrogens with one attached hydrogen (secondary N) is 1. The molecule has 5 heteroatoms. The predicted molar refractivity (Wildman–Crippen MR) is 65.3 cm³/mol. The van der Waals surface area contributed by atoms with E-state index < -0.39 is 0 Å². The minimum atomic E-state index is 0.208. The van der Waals surface area contributed by atoms with E-state index in [9.17, 15) is 5.11 Å². The van der Waals surface area contributed by atoms with E-state index in [0.717, 1.165) is 50.5 Å². The van der Waals surface area contributed by atoms with E-state index in [-0.39, 0.29) is 12.5 Å². The smallest absolute Gasteiger partial charge is 0.135 e. The first-order valence-corrected chi connectivity index (χ1v) is 6.30. The number of aromatic nitrogens is 2. The van der Waals surface area contributed by atoms with E-state index in [2.05, 4.69) is 20.2 Å². The number of aryl methyl sites for hydroxylation is 1. The quantitative estimate of drug-likeness (QED) is 0.749. The molecule has 1 aliphatic carbocycles. The number of nitrogens with zero attached hydrogens (tertiary/aromatic N) is 3. The fourth-order valence-corrected chi connectivity index (χ4v) is 2.81. The Balaban J connectivity index is 1.96. The normalized spacial score (nSPS) is 23.8. The van der Waals surface area contributed by atoms with Crippen molar-refractivity contribution in [3.8, 4) is 0 Å². The van der Waals surface area contributed by atoms with Crippen molar-refractivity contribution in [1.82, 2.24) is 15.3 Å². The van der Waals surface area contributed by atoms with Crippen molar-refractivity contribution in [3.05, 3.63) is 17.6 Å². The van der Waals surface area contributed by atoms with Gasteiger partial charge in [-0.3, -0.25) is 0 Å². The molecule has 92 valence electrons. The lowest BCUT2D eigenvalue weighted by molar-refractivity contribution is 0.265. The minimum absolute atomic E-state index is 0.208. The highest BCUT2D eigenvalue weighted by molar-refractivity contribution is 5.53. The van der Waals surface area contributed by atoms with Crippen LogP contribution < -0.4 is 10.2 Å². The third-order valence-electron chi connectivity index (χ3n) is 3.72. The van der Waals surface area contributed by atoms with Crippen LogP contribution in [-0.4, -0.2) is 47.9 Å². The van der Waals surface area contributed by atoms with Crippen LogP contribution in [0.5, 0.6) is 0 Å². The summed E-state index contributed by atoms with van der Waals surface area (Å²) >= 11 is 0. The van der Waals surface area contributed by atoms with Gasteiger partial charge in [0.05, 0.1) is 6.61 Å². The number of rotatable bonds is 2. The first-order valence-electron chi connectivity index (χ1n) is 6.30. The van der Waals surface area contributed by atoms with Gasteiger partial charge in [-0.05, 0) is 12.8 Å². The fraction of sp³-hybridized carbons (Fsp3) is 0.667. The predicted octanol–water partition coefficient (Wildman–Crippen LogP) is -0.0917. The molecule has 0 amide bonds. The van der Waals surface area contributed by atoms with Gasteiger partial charge in [0.15, 0.2) is 0 Å². The van der Waals surface area contributed by atoms with Crippen LogP contribution in [0.15, 0.2) is 6.33 Å². The topological polar surface area (TPSA) is 61.3 Å². The van der Waals surface area contributed by atoms with Crippen LogP contribution in [0.25, 0.3) is 0 Å². The van der Waals surface area contributed by atoms with Crippen molar-refractivity contribution in [2.75, 3.05) is 37.7 Å². The van der Waals surface area contributed by atoms with Gasteiger partial charge in [-0.25, -0.2) is 9.97 Å². The molecule has 1 atom stereocenters. The molecule has 2 aliphatic rings. The summed E-state index contributed by atoms with van der Waals surface area (Å²) < 4.78 is 0. The zero-order chi connectivity index (χ0) is 11.7. The van der Waals surface area contributed by atoms with Crippen LogP contribution in [0.2, 0.25) is 0 Å². The van der Waals surface area contributed by atoms with E-state index in [1.165, 1.54) is 5.56 Å². The second-order valence-corrected chi connectivity index (χ2v) is 4.71. The van der Waals surface area contributed by atoms with Crippen LogP contribution in [0.3, 0.4) is 0 Å². The Morgan fingerprint density at radius 3 is 2.94 bits per heavy atom. The second-order valence-electron chi connectivity index (χ2n) is 4.71. The number of piperazine rings is 1. The highest BCUT2D eigenvalue weighted by atomic mass is 16.3. The SMILES string of the molecule is OCC1CCc2ncnc(N3CCNCC3)c21. The average molecular weight is 234 g/mol. The third-order valence-corrected chi connectivity index (χ3v) is 3.72. The molecule has 2 N–H and O–H groups in total. The maximum Gasteiger partial charge on any atom is 0.135 e. The molecule has 17 heavy (non-hydrogen) atoms. The van der Waals surface area contributed by atoms with Crippen molar-refractivity contribution < 1.29 is 5.11 Å². The van der Waals surface area contributed by atoms with Crippen LogP contribution >= 0.6 is 0 Å². The molecule has 0 spiro atoms. The highest BCUT2D eigenvalue weighted by Crippen LogP contribution is 2.36. The van der Waals surface area contributed by atoms with Crippen molar-refractivity contribution in [2.45, 2.75) is 18.8 Å². The summed E-state index contributed by atoms with van der Waals surface area (Å²) in [6.45, 7) is 4.19. The van der Waals surface area contributed by atoms with Crippen LogP contribution in [0.1, 0.15) is 23.6 Å². The third kappa shape index (κ3) is 1.89. The van der Waals surface area contributed by atoms with Gasteiger partial charge in [-0.2, -0.15) is 0 Å². The molecule has 1 saturated heterocycles. The first-order chi connectivity index (χ1) is 8.40. The van der Waals surface area contributed by atoms with Gasteiger partial charge in [-0.15, -0.1) is 0 Å². The van der Waals surface area contributed by atoms with Gasteiger partial charge in [0.1, 0.15) is 12.1 Å². The number of aliphatic hydroxyl groups excluding tert-OH is 1. The molecule has 1 fully saturated rings. The molecule has 0 bridgehead atoms. The Labute approximate surface area is 101 Å². The summed E-state index contributed by atoms with van der Waals surface area (Å²) in [6.07, 6.45) is 3.64. The Bertz CT molecular complexity index is 403. The zero-order valence-corrected chi connectivity index (χ0v) is 9.89. The summed E-state index contributed by atoms with van der Waals surface area (Å²) in [7, 11) is 0. The molecule has 2 heterocycles. The van der Waals surface area contributed by atoms with E-state index in [4.69, 9.17) is 0 Å². The van der Waals surface area contributed by atoms with Gasteiger partial charge in [0, 0.05) is 43.4 Å². The molecule has 0 aromatic carbocycles. The second kappa shape index (κ2) is 4.58. The molecule has 1 aliphatic heterocycles. The van der Waals surface area contributed by atoms with Gasteiger partial charge in [0.25, 0.3) is 0 Å². The Kier molecular flexibility index (Phi) is 2.94. The zero-order valence-electron chi connectivity index (χ0n) is 9.89. The Morgan fingerprint density at radius 1 is 1.35 bits per heavy atom. The first kappa shape index (κ1) is 10.9. The lowest BCUT2D eigenvalue weighted by atomic mass is 10.0. The Hall–Kier alpha value is -1.20. The lowest BCUT2D eigenvalue weighted by Crippen LogP contribution is -2.44. The fourth-order valence-electron chi connectivity index (χ4n) is 2.81. The Morgan fingerprint density at radius 2 is 2.18 bits per heavy atom. The average Bonchev–Trinajstić information content (AvgIpc) is 2.82. The maximum absolute atomic E-state index is 9.45. The number of hydrogen-bond acceptors (Lipinski definition) is 5. The van der Waals surface area contributed by atoms with Crippen LogP contribution in [-0.2, 0) is 6.42 Å². The largest absolute Gasteiger partial charge is 0.396 e. The minimum Gasteiger partial charge on any atom is -0.396 e. The van der Waals surface area contributed by atoms with Crippen molar-refractivity contribution >= 4 is 5.82 Å². The van der Waals surface area contributed by atoms with Crippen LogP contribution in [0, 0.1) is 0 Å². The molecule has 0 saturated carbocycles. The van der Waals surface area contributed by atoms with Gasteiger partial charge in [-0.1, -0.05) is 0 Å². The van der Waals surface area contributed by atoms with Gasteiger partial charge < -0.3 is 15.3 Å². The monoisotopic (exact) mass is 234 g/mol. The highest BCUT2D eigenvalue weighted by Gasteiger charge is 2.29. The number of anilines is 1. The lowest BCUT2D eigenvalue weighted by Gasteiger charge is -2.30. The van der Waals surface area contributed by atoms with E-state index in [1.807, 2.05) is 0 Å². The number of fused-ring (bicyclic) bond motifs is 1. The van der Waals surface area contributed by atoms with Crippen LogP contribution in [0.4, 0.5) is 5.82 Å². The maximum atomic E-state index is 9.45. The molecule has 1 aromatic rings. The van der Waals surface area contributed by atoms with E-state index in [1.54, 1.807) is 6.33 Å². The van der Waals surface area contributed by atoms with Crippen molar-refractivity contribution in [2.24, 2.45) is 0 Å². The molecule has 0 radical (unpaired) electrons. The van der Waals surface area contributed by atoms with Gasteiger partial charge >= 0.3 is 0 Å². The summed E-state index contributed by atoms with van der Waals surface area (Å²) in [6, 6.07) is 0. The summed E-state index contributed by atoms with van der Waals surface area (Å²) in [5.41, 5.74) is 2.32. The number of aliphatic hydroxyl groups is 1.